The summed E-state index contributed by atoms with van der Waals surface area (Å²) in [4.78, 5) is 15.3. The Morgan fingerprint density at radius 2 is 1.85 bits per heavy atom. The molecule has 2 saturated heterocycles. The molecule has 3 nitrogen and oxygen atoms in total. The largest absolute Gasteiger partial charge is 0.331 e. The van der Waals surface area contributed by atoms with Gasteiger partial charge in [0.2, 0.25) is 0 Å². The van der Waals surface area contributed by atoms with Crippen LogP contribution in [0.5, 0.6) is 0 Å². The van der Waals surface area contributed by atoms with E-state index in [4.69, 9.17) is 0 Å². The smallest absolute Gasteiger partial charge is 0.319 e. The van der Waals surface area contributed by atoms with Gasteiger partial charge in [0, 0.05) is 27.2 Å². The number of fused-ring (bicyclic) bond motifs is 2. The Labute approximate surface area is 79.7 Å². The monoisotopic (exact) mass is 182 g/mol. The SMILES string of the molecule is CC1C2CC1CN(C(=O)N(C)C)C2. The standard InChI is InChI=1S/C10H18N2O/c1-7-8-4-9(7)6-12(5-8)10(13)11(2)3/h7-9H,4-6H2,1-3H3. The second-order valence-corrected chi connectivity index (χ2v) is 4.70. The summed E-state index contributed by atoms with van der Waals surface area (Å²) in [5.74, 6) is 2.41. The summed E-state index contributed by atoms with van der Waals surface area (Å²) >= 11 is 0. The molecule has 2 unspecified atom stereocenters. The number of amides is 2. The number of carbonyl (C=O) groups excluding carboxylic acids is 1. The van der Waals surface area contributed by atoms with Crippen molar-refractivity contribution in [3.63, 3.8) is 0 Å². The molecule has 74 valence electrons. The van der Waals surface area contributed by atoms with Gasteiger partial charge in [-0.2, -0.15) is 0 Å². The van der Waals surface area contributed by atoms with Crippen molar-refractivity contribution in [2.24, 2.45) is 17.8 Å². The van der Waals surface area contributed by atoms with Crippen LogP contribution in [0.15, 0.2) is 0 Å². The Balaban J connectivity index is 1.95. The van der Waals surface area contributed by atoms with Crippen molar-refractivity contribution < 1.29 is 4.79 Å². The first-order valence-electron chi connectivity index (χ1n) is 5.06. The molecule has 2 heterocycles. The first-order valence-corrected chi connectivity index (χ1v) is 5.06. The van der Waals surface area contributed by atoms with Crippen LogP contribution in [0.4, 0.5) is 4.79 Å². The summed E-state index contributed by atoms with van der Waals surface area (Å²) in [6.07, 6.45) is 1.35. The van der Waals surface area contributed by atoms with E-state index in [9.17, 15) is 4.79 Å². The van der Waals surface area contributed by atoms with Crippen molar-refractivity contribution in [3.05, 3.63) is 0 Å². The van der Waals surface area contributed by atoms with Gasteiger partial charge in [-0.05, 0) is 24.2 Å². The molecule has 3 heteroatoms. The first-order chi connectivity index (χ1) is 6.09. The highest BCUT2D eigenvalue weighted by atomic mass is 16.2. The molecule has 2 atom stereocenters. The summed E-state index contributed by atoms with van der Waals surface area (Å²) in [6, 6.07) is 0.182. The average molecular weight is 182 g/mol. The third-order valence-electron chi connectivity index (χ3n) is 3.66. The van der Waals surface area contributed by atoms with Gasteiger partial charge in [-0.3, -0.25) is 0 Å². The molecule has 1 saturated carbocycles. The Hall–Kier alpha value is -0.730. The van der Waals surface area contributed by atoms with E-state index in [-0.39, 0.29) is 6.03 Å². The van der Waals surface area contributed by atoms with Crippen LogP contribution in [0.2, 0.25) is 0 Å². The Morgan fingerprint density at radius 3 is 2.23 bits per heavy atom. The molecule has 0 spiro atoms. The quantitative estimate of drug-likeness (QED) is 0.553. The van der Waals surface area contributed by atoms with E-state index in [2.05, 4.69) is 6.92 Å². The van der Waals surface area contributed by atoms with E-state index in [1.165, 1.54) is 6.42 Å². The summed E-state index contributed by atoms with van der Waals surface area (Å²) in [7, 11) is 3.65. The second kappa shape index (κ2) is 2.89. The maximum absolute atomic E-state index is 11.6. The lowest BCUT2D eigenvalue weighted by atomic mass is 9.62. The minimum atomic E-state index is 0.182. The van der Waals surface area contributed by atoms with Gasteiger partial charge in [-0.25, -0.2) is 4.79 Å². The van der Waals surface area contributed by atoms with E-state index < -0.39 is 0 Å². The number of carbonyl (C=O) groups is 1. The fourth-order valence-corrected chi connectivity index (χ4v) is 2.57. The lowest BCUT2D eigenvalue weighted by Crippen LogP contribution is -2.57. The first kappa shape index (κ1) is 8.85. The van der Waals surface area contributed by atoms with Gasteiger partial charge in [0.25, 0.3) is 0 Å². The maximum Gasteiger partial charge on any atom is 0.319 e. The third kappa shape index (κ3) is 1.30. The van der Waals surface area contributed by atoms with E-state index in [1.54, 1.807) is 4.90 Å². The summed E-state index contributed by atoms with van der Waals surface area (Å²) in [5, 5.41) is 0. The molecule has 0 aromatic carbocycles. The van der Waals surface area contributed by atoms with Crippen molar-refractivity contribution in [2.45, 2.75) is 13.3 Å². The van der Waals surface area contributed by atoms with Crippen LogP contribution in [-0.4, -0.2) is 43.0 Å². The number of rotatable bonds is 0. The minimum absolute atomic E-state index is 0.182. The Bertz CT molecular complexity index is 215. The molecule has 0 N–H and O–H groups in total. The summed E-state index contributed by atoms with van der Waals surface area (Å²) in [5.41, 5.74) is 0. The van der Waals surface area contributed by atoms with Crippen LogP contribution < -0.4 is 0 Å². The van der Waals surface area contributed by atoms with Crippen LogP contribution in [0.1, 0.15) is 13.3 Å². The molecule has 3 rings (SSSR count). The Morgan fingerprint density at radius 1 is 1.31 bits per heavy atom. The average Bonchev–Trinajstić information content (AvgIpc) is 2.15. The zero-order chi connectivity index (χ0) is 9.59. The predicted octanol–water partition coefficient (Wildman–Crippen LogP) is 1.26. The van der Waals surface area contributed by atoms with Crippen LogP contribution in [0.3, 0.4) is 0 Å². The highest BCUT2D eigenvalue weighted by Gasteiger charge is 2.45. The van der Waals surface area contributed by atoms with Gasteiger partial charge in [0.1, 0.15) is 0 Å². The van der Waals surface area contributed by atoms with Crippen LogP contribution in [0, 0.1) is 17.8 Å². The molecule has 0 radical (unpaired) electrons. The van der Waals surface area contributed by atoms with Gasteiger partial charge in [0.15, 0.2) is 0 Å². The highest BCUT2D eigenvalue weighted by molar-refractivity contribution is 5.74. The molecule has 3 fully saturated rings. The lowest BCUT2D eigenvalue weighted by molar-refractivity contribution is -0.0184. The lowest BCUT2D eigenvalue weighted by Gasteiger charge is -2.52. The van der Waals surface area contributed by atoms with Crippen LogP contribution in [-0.2, 0) is 0 Å². The summed E-state index contributed by atoms with van der Waals surface area (Å²) in [6.45, 7) is 4.28. The Kier molecular flexibility index (Phi) is 1.97. The second-order valence-electron chi connectivity index (χ2n) is 4.70. The topological polar surface area (TPSA) is 23.6 Å². The van der Waals surface area contributed by atoms with E-state index >= 15 is 0 Å². The van der Waals surface area contributed by atoms with Crippen LogP contribution >= 0.6 is 0 Å². The maximum atomic E-state index is 11.6. The number of hydrogen-bond acceptors (Lipinski definition) is 1. The predicted molar refractivity (Wildman–Crippen MR) is 51.4 cm³/mol. The molecule has 0 aromatic heterocycles. The summed E-state index contributed by atoms with van der Waals surface area (Å²) < 4.78 is 0. The number of nitrogens with zero attached hydrogens (tertiary/aromatic N) is 2. The van der Waals surface area contributed by atoms with E-state index in [0.717, 1.165) is 30.8 Å². The van der Waals surface area contributed by atoms with Crippen molar-refractivity contribution in [3.8, 4) is 0 Å². The minimum Gasteiger partial charge on any atom is -0.331 e. The van der Waals surface area contributed by atoms with E-state index in [0.29, 0.717) is 0 Å². The fourth-order valence-electron chi connectivity index (χ4n) is 2.57. The van der Waals surface area contributed by atoms with Gasteiger partial charge >= 0.3 is 6.03 Å². The third-order valence-corrected chi connectivity index (χ3v) is 3.66. The van der Waals surface area contributed by atoms with Crippen molar-refractivity contribution in [1.29, 1.82) is 0 Å². The van der Waals surface area contributed by atoms with Gasteiger partial charge in [-0.15, -0.1) is 0 Å². The van der Waals surface area contributed by atoms with Crippen molar-refractivity contribution in [2.75, 3.05) is 27.2 Å². The molecule has 2 aliphatic heterocycles. The number of hydrogen-bond donors (Lipinski definition) is 0. The normalized spacial score (nSPS) is 36.8. The van der Waals surface area contributed by atoms with Crippen molar-refractivity contribution >= 4 is 6.03 Å². The molecule has 3 aliphatic rings. The molecule has 1 aliphatic carbocycles. The number of piperidine rings is 2. The fraction of sp³-hybridized carbons (Fsp3) is 0.900. The molecule has 0 aromatic rings. The van der Waals surface area contributed by atoms with Crippen molar-refractivity contribution in [1.82, 2.24) is 9.80 Å². The molecular formula is C10H18N2O. The van der Waals surface area contributed by atoms with Gasteiger partial charge in [-0.1, -0.05) is 6.92 Å². The van der Waals surface area contributed by atoms with Gasteiger partial charge in [0.05, 0.1) is 0 Å². The molecule has 2 amide bonds. The highest BCUT2D eigenvalue weighted by Crippen LogP contribution is 2.44. The zero-order valence-corrected chi connectivity index (χ0v) is 8.66. The molecule has 13 heavy (non-hydrogen) atoms. The molecular weight excluding hydrogens is 164 g/mol. The number of urea groups is 1. The van der Waals surface area contributed by atoms with Crippen LogP contribution in [0.25, 0.3) is 0 Å². The van der Waals surface area contributed by atoms with E-state index in [1.807, 2.05) is 19.0 Å². The molecule has 2 bridgehead atoms. The zero-order valence-electron chi connectivity index (χ0n) is 8.66. The van der Waals surface area contributed by atoms with Gasteiger partial charge < -0.3 is 9.80 Å².